The Kier molecular flexibility index (Phi) is 3.34. The van der Waals surface area contributed by atoms with Gasteiger partial charge < -0.3 is 15.8 Å². The average molecular weight is 283 g/mol. The number of nitrogens with two attached hydrogens (primary N) is 1. The predicted molar refractivity (Wildman–Crippen MR) is 77.6 cm³/mol. The smallest absolute Gasteiger partial charge is 0.241 e. The molecule has 2 heterocycles. The van der Waals surface area contributed by atoms with E-state index in [1.54, 1.807) is 30.4 Å². The van der Waals surface area contributed by atoms with E-state index >= 15 is 0 Å². The average Bonchev–Trinajstić information content (AvgIpc) is 3.01. The van der Waals surface area contributed by atoms with Gasteiger partial charge in [-0.3, -0.25) is 4.57 Å². The van der Waals surface area contributed by atoms with Crippen molar-refractivity contribution in [1.82, 2.24) is 24.5 Å². The van der Waals surface area contributed by atoms with E-state index < -0.39 is 0 Å². The van der Waals surface area contributed by atoms with Crippen LogP contribution in [-0.2, 0) is 0 Å². The van der Waals surface area contributed by atoms with Crippen molar-refractivity contribution in [3.8, 4) is 11.7 Å². The summed E-state index contributed by atoms with van der Waals surface area (Å²) in [7, 11) is 1.60. The van der Waals surface area contributed by atoms with Gasteiger partial charge >= 0.3 is 0 Å². The SMILES string of the molecule is COc1ccccc1Nc1nc(N)nc(-n2ccnc2)n1. The largest absolute Gasteiger partial charge is 0.495 e. The van der Waals surface area contributed by atoms with Crippen molar-refractivity contribution in [3.05, 3.63) is 43.0 Å². The lowest BCUT2D eigenvalue weighted by molar-refractivity contribution is 0.417. The number of nitrogen functional groups attached to an aromatic ring is 1. The Labute approximate surface area is 120 Å². The Morgan fingerprint density at radius 1 is 1.19 bits per heavy atom. The maximum Gasteiger partial charge on any atom is 0.241 e. The fourth-order valence-electron chi connectivity index (χ4n) is 1.80. The molecule has 0 unspecified atom stereocenters. The topological polar surface area (TPSA) is 104 Å². The Hall–Kier alpha value is -3.16. The molecule has 0 amide bonds. The van der Waals surface area contributed by atoms with Crippen LogP contribution in [0.2, 0.25) is 0 Å². The number of ether oxygens (including phenoxy) is 1. The van der Waals surface area contributed by atoms with Crippen LogP contribution < -0.4 is 15.8 Å². The summed E-state index contributed by atoms with van der Waals surface area (Å²) < 4.78 is 6.91. The van der Waals surface area contributed by atoms with Gasteiger partial charge in [0.25, 0.3) is 0 Å². The molecule has 2 aromatic heterocycles. The summed E-state index contributed by atoms with van der Waals surface area (Å²) in [6, 6.07) is 7.45. The number of hydrogen-bond acceptors (Lipinski definition) is 7. The molecule has 3 aromatic rings. The first kappa shape index (κ1) is 12.9. The summed E-state index contributed by atoms with van der Waals surface area (Å²) in [5.74, 6) is 1.51. The molecule has 3 rings (SSSR count). The summed E-state index contributed by atoms with van der Waals surface area (Å²) in [4.78, 5) is 16.4. The monoisotopic (exact) mass is 283 g/mol. The summed E-state index contributed by atoms with van der Waals surface area (Å²) in [6.07, 6.45) is 4.94. The number of nitrogens with zero attached hydrogens (tertiary/aromatic N) is 5. The zero-order valence-corrected chi connectivity index (χ0v) is 11.3. The van der Waals surface area contributed by atoms with Gasteiger partial charge in [0.1, 0.15) is 12.1 Å². The third kappa shape index (κ3) is 2.73. The Morgan fingerprint density at radius 3 is 2.81 bits per heavy atom. The van der Waals surface area contributed by atoms with Crippen LogP contribution in [0, 0.1) is 0 Å². The van der Waals surface area contributed by atoms with Gasteiger partial charge in [0.15, 0.2) is 0 Å². The predicted octanol–water partition coefficient (Wildman–Crippen LogP) is 1.39. The number of para-hydroxylation sites is 2. The number of nitrogens with one attached hydrogen (secondary N) is 1. The summed E-state index contributed by atoms with van der Waals surface area (Å²) in [5, 5.41) is 3.07. The molecule has 0 aliphatic rings. The number of methoxy groups -OCH3 is 1. The highest BCUT2D eigenvalue weighted by Crippen LogP contribution is 2.25. The molecule has 0 aliphatic heterocycles. The minimum Gasteiger partial charge on any atom is -0.495 e. The van der Waals surface area contributed by atoms with Gasteiger partial charge in [-0.1, -0.05) is 12.1 Å². The van der Waals surface area contributed by atoms with E-state index in [0.717, 1.165) is 5.69 Å². The minimum atomic E-state index is 0.117. The molecule has 1 aromatic carbocycles. The van der Waals surface area contributed by atoms with Gasteiger partial charge in [0.05, 0.1) is 12.8 Å². The lowest BCUT2D eigenvalue weighted by Crippen LogP contribution is -2.08. The van der Waals surface area contributed by atoms with E-state index in [-0.39, 0.29) is 5.95 Å². The van der Waals surface area contributed by atoms with Crippen LogP contribution in [0.1, 0.15) is 0 Å². The second kappa shape index (κ2) is 5.45. The number of rotatable bonds is 4. The molecular formula is C13H13N7O. The second-order valence-corrected chi connectivity index (χ2v) is 4.11. The van der Waals surface area contributed by atoms with E-state index in [9.17, 15) is 0 Å². The van der Waals surface area contributed by atoms with Crippen molar-refractivity contribution in [2.45, 2.75) is 0 Å². The maximum absolute atomic E-state index is 5.72. The van der Waals surface area contributed by atoms with Crippen LogP contribution in [-0.4, -0.2) is 31.6 Å². The lowest BCUT2D eigenvalue weighted by Gasteiger charge is -2.10. The minimum absolute atomic E-state index is 0.117. The van der Waals surface area contributed by atoms with E-state index in [1.807, 2.05) is 24.3 Å². The van der Waals surface area contributed by atoms with Crippen LogP contribution in [0.3, 0.4) is 0 Å². The molecule has 0 bridgehead atoms. The van der Waals surface area contributed by atoms with E-state index in [4.69, 9.17) is 10.5 Å². The molecule has 8 nitrogen and oxygen atoms in total. The number of anilines is 3. The number of aromatic nitrogens is 5. The summed E-state index contributed by atoms with van der Waals surface area (Å²) >= 11 is 0. The lowest BCUT2D eigenvalue weighted by atomic mass is 10.3. The zero-order chi connectivity index (χ0) is 14.7. The van der Waals surface area contributed by atoms with Gasteiger partial charge in [0, 0.05) is 12.4 Å². The van der Waals surface area contributed by atoms with Crippen molar-refractivity contribution >= 4 is 17.6 Å². The Morgan fingerprint density at radius 2 is 2.05 bits per heavy atom. The van der Waals surface area contributed by atoms with Crippen molar-refractivity contribution in [3.63, 3.8) is 0 Å². The summed E-state index contributed by atoms with van der Waals surface area (Å²) in [6.45, 7) is 0. The normalized spacial score (nSPS) is 10.3. The summed E-state index contributed by atoms with van der Waals surface area (Å²) in [5.41, 5.74) is 6.46. The fourth-order valence-corrected chi connectivity index (χ4v) is 1.80. The van der Waals surface area contributed by atoms with E-state index in [0.29, 0.717) is 17.6 Å². The van der Waals surface area contributed by atoms with Crippen molar-refractivity contribution in [2.75, 3.05) is 18.2 Å². The highest BCUT2D eigenvalue weighted by Gasteiger charge is 2.08. The van der Waals surface area contributed by atoms with Crippen LogP contribution in [0.15, 0.2) is 43.0 Å². The van der Waals surface area contributed by atoms with Crippen molar-refractivity contribution < 1.29 is 4.74 Å². The third-order valence-electron chi connectivity index (χ3n) is 2.73. The van der Waals surface area contributed by atoms with Crippen molar-refractivity contribution in [1.29, 1.82) is 0 Å². The zero-order valence-electron chi connectivity index (χ0n) is 11.3. The van der Waals surface area contributed by atoms with Gasteiger partial charge in [-0.25, -0.2) is 4.98 Å². The highest BCUT2D eigenvalue weighted by atomic mass is 16.5. The highest BCUT2D eigenvalue weighted by molar-refractivity contribution is 5.62. The molecular weight excluding hydrogens is 270 g/mol. The Balaban J connectivity index is 1.96. The molecule has 0 spiro atoms. The third-order valence-corrected chi connectivity index (χ3v) is 2.73. The molecule has 21 heavy (non-hydrogen) atoms. The first-order valence-corrected chi connectivity index (χ1v) is 6.16. The quantitative estimate of drug-likeness (QED) is 0.745. The molecule has 0 aliphatic carbocycles. The fraction of sp³-hybridized carbons (Fsp3) is 0.0769. The van der Waals surface area contributed by atoms with Crippen LogP contribution in [0.5, 0.6) is 5.75 Å². The number of hydrogen-bond donors (Lipinski definition) is 2. The molecule has 0 atom stereocenters. The van der Waals surface area contributed by atoms with Crippen LogP contribution in [0.4, 0.5) is 17.6 Å². The molecule has 0 fully saturated rings. The number of benzene rings is 1. The van der Waals surface area contributed by atoms with Gasteiger partial charge in [-0.2, -0.15) is 15.0 Å². The second-order valence-electron chi connectivity index (χ2n) is 4.11. The van der Waals surface area contributed by atoms with Crippen LogP contribution >= 0.6 is 0 Å². The Bertz CT molecular complexity index is 742. The van der Waals surface area contributed by atoms with Gasteiger partial charge in [0.2, 0.25) is 17.8 Å². The molecule has 0 saturated carbocycles. The standard InChI is InChI=1S/C13H13N7O/c1-21-10-5-3-2-4-9(10)16-12-17-11(14)18-13(19-12)20-7-6-15-8-20/h2-8H,1H3,(H3,14,16,17,18,19). The molecule has 0 saturated heterocycles. The number of imidazole rings is 1. The molecule has 8 heteroatoms. The molecule has 0 radical (unpaired) electrons. The van der Waals surface area contributed by atoms with Crippen LogP contribution in [0.25, 0.3) is 5.95 Å². The van der Waals surface area contributed by atoms with Crippen molar-refractivity contribution in [2.24, 2.45) is 0 Å². The maximum atomic E-state index is 5.72. The van der Waals surface area contributed by atoms with Gasteiger partial charge in [-0.15, -0.1) is 0 Å². The molecule has 106 valence electrons. The van der Waals surface area contributed by atoms with E-state index in [1.165, 1.54) is 0 Å². The first-order valence-electron chi connectivity index (χ1n) is 6.16. The molecule has 3 N–H and O–H groups in total. The first-order chi connectivity index (χ1) is 10.3. The van der Waals surface area contributed by atoms with Gasteiger partial charge in [-0.05, 0) is 12.1 Å². The van der Waals surface area contributed by atoms with E-state index in [2.05, 4.69) is 25.3 Å².